The number of fused-ring (bicyclic) bond motifs is 1. The quantitative estimate of drug-likeness (QED) is 0.721. The molecule has 7 heteroatoms. The number of likely N-dealkylation sites (tertiary alicyclic amines) is 1. The molecule has 0 spiro atoms. The Bertz CT molecular complexity index is 1040. The van der Waals surface area contributed by atoms with E-state index in [2.05, 4.69) is 10.2 Å². The summed E-state index contributed by atoms with van der Waals surface area (Å²) in [4.78, 5) is 25.6. The highest BCUT2D eigenvalue weighted by molar-refractivity contribution is 5.99. The number of furan rings is 1. The number of rotatable bonds is 4. The van der Waals surface area contributed by atoms with Crippen molar-refractivity contribution in [3.8, 4) is 0 Å². The van der Waals surface area contributed by atoms with Crippen molar-refractivity contribution < 1.29 is 19.1 Å². The second kappa shape index (κ2) is 7.14. The molecule has 0 bridgehead atoms. The predicted molar refractivity (Wildman–Crippen MR) is 103 cm³/mol. The minimum Gasteiger partial charge on any atom is -0.481 e. The van der Waals surface area contributed by atoms with Crippen LogP contribution in [-0.4, -0.2) is 45.2 Å². The lowest BCUT2D eigenvalue weighted by Crippen LogP contribution is -2.38. The summed E-state index contributed by atoms with van der Waals surface area (Å²) in [5.74, 6) is -0.310. The number of nitrogens with zero attached hydrogens (tertiary/aromatic N) is 2. The molecule has 0 aliphatic carbocycles. The molecular weight excluding hydrogens is 358 g/mol. The van der Waals surface area contributed by atoms with Gasteiger partial charge in [0.1, 0.15) is 5.58 Å². The van der Waals surface area contributed by atoms with Crippen molar-refractivity contribution in [2.75, 3.05) is 13.1 Å². The fourth-order valence-electron chi connectivity index (χ4n) is 3.90. The number of hydrogen-bond donors (Lipinski definition) is 2. The Morgan fingerprint density at radius 1 is 1.25 bits per heavy atom. The summed E-state index contributed by atoms with van der Waals surface area (Å²) >= 11 is 0. The first-order valence-electron chi connectivity index (χ1n) is 9.47. The summed E-state index contributed by atoms with van der Waals surface area (Å²) < 4.78 is 5.88. The molecule has 1 amide bonds. The number of H-pyrrole nitrogens is 1. The highest BCUT2D eigenvalue weighted by Gasteiger charge is 2.29. The number of benzene rings is 1. The number of carbonyl (C=O) groups is 2. The molecule has 2 aromatic heterocycles. The molecule has 0 atom stereocenters. The Morgan fingerprint density at radius 3 is 2.71 bits per heavy atom. The fraction of sp³-hybridized carbons (Fsp3) is 0.381. The molecule has 0 radical (unpaired) electrons. The van der Waals surface area contributed by atoms with E-state index in [1.165, 1.54) is 0 Å². The van der Waals surface area contributed by atoms with Crippen LogP contribution in [0.15, 0.2) is 28.7 Å². The third-order valence-corrected chi connectivity index (χ3v) is 5.48. The molecule has 1 fully saturated rings. The summed E-state index contributed by atoms with van der Waals surface area (Å²) in [5.41, 5.74) is 4.21. The van der Waals surface area contributed by atoms with Crippen LogP contribution in [-0.2, 0) is 11.2 Å². The number of amides is 1. The molecule has 3 aromatic rings. The lowest BCUT2D eigenvalue weighted by atomic mass is 9.93. The lowest BCUT2D eigenvalue weighted by molar-refractivity contribution is -0.136. The van der Waals surface area contributed by atoms with Crippen LogP contribution in [0.4, 0.5) is 0 Å². The van der Waals surface area contributed by atoms with Gasteiger partial charge >= 0.3 is 5.97 Å². The van der Waals surface area contributed by atoms with Gasteiger partial charge in [0.25, 0.3) is 5.91 Å². The number of aromatic nitrogens is 2. The molecule has 1 aliphatic heterocycles. The van der Waals surface area contributed by atoms with Crippen LogP contribution in [0.2, 0.25) is 0 Å². The van der Waals surface area contributed by atoms with E-state index < -0.39 is 5.97 Å². The van der Waals surface area contributed by atoms with Crippen molar-refractivity contribution in [1.29, 1.82) is 0 Å². The molecule has 1 saturated heterocycles. The van der Waals surface area contributed by atoms with E-state index in [1.807, 2.05) is 43.0 Å². The SMILES string of the molecule is Cc1ccc2c(C)c(C(=O)N3CCC(c4cc(CC(=O)O)[nH]n4)CC3)oc2c1. The van der Waals surface area contributed by atoms with Crippen molar-refractivity contribution in [3.05, 3.63) is 52.5 Å². The van der Waals surface area contributed by atoms with Gasteiger partial charge in [-0.05, 0) is 44.4 Å². The molecule has 1 aromatic carbocycles. The van der Waals surface area contributed by atoms with E-state index in [0.29, 0.717) is 24.5 Å². The Morgan fingerprint density at radius 2 is 2.00 bits per heavy atom. The molecular formula is C21H23N3O4. The first-order chi connectivity index (χ1) is 13.4. The third-order valence-electron chi connectivity index (χ3n) is 5.48. The van der Waals surface area contributed by atoms with Crippen LogP contribution in [0, 0.1) is 13.8 Å². The maximum absolute atomic E-state index is 13.0. The Hall–Kier alpha value is -3.09. The van der Waals surface area contributed by atoms with E-state index in [-0.39, 0.29) is 18.2 Å². The number of carbonyl (C=O) groups excluding carboxylic acids is 1. The fourth-order valence-corrected chi connectivity index (χ4v) is 3.90. The van der Waals surface area contributed by atoms with Crippen LogP contribution in [0.25, 0.3) is 11.0 Å². The zero-order valence-corrected chi connectivity index (χ0v) is 16.0. The van der Waals surface area contributed by atoms with E-state index in [0.717, 1.165) is 40.6 Å². The lowest BCUT2D eigenvalue weighted by Gasteiger charge is -2.30. The van der Waals surface area contributed by atoms with Crippen LogP contribution in [0.3, 0.4) is 0 Å². The summed E-state index contributed by atoms with van der Waals surface area (Å²) in [6.07, 6.45) is 1.53. The summed E-state index contributed by atoms with van der Waals surface area (Å²) in [6, 6.07) is 7.80. The molecule has 2 N–H and O–H groups in total. The number of aryl methyl sites for hydroxylation is 2. The number of nitrogens with one attached hydrogen (secondary N) is 1. The first-order valence-corrected chi connectivity index (χ1v) is 9.47. The summed E-state index contributed by atoms with van der Waals surface area (Å²) in [7, 11) is 0. The van der Waals surface area contributed by atoms with Crippen LogP contribution >= 0.6 is 0 Å². The third kappa shape index (κ3) is 3.40. The van der Waals surface area contributed by atoms with E-state index >= 15 is 0 Å². The number of carboxylic acids is 1. The van der Waals surface area contributed by atoms with E-state index in [1.54, 1.807) is 0 Å². The first kappa shape index (κ1) is 18.3. The number of aliphatic carboxylic acids is 1. The molecule has 146 valence electrons. The van der Waals surface area contributed by atoms with Crippen molar-refractivity contribution >= 4 is 22.8 Å². The van der Waals surface area contributed by atoms with Crippen LogP contribution in [0.5, 0.6) is 0 Å². The molecule has 1 aliphatic rings. The molecule has 0 unspecified atom stereocenters. The van der Waals surface area contributed by atoms with Gasteiger partial charge in [-0.25, -0.2) is 0 Å². The number of piperidine rings is 1. The molecule has 4 rings (SSSR count). The Balaban J connectivity index is 1.45. The number of carboxylic acid groups (broad SMARTS) is 1. The van der Waals surface area contributed by atoms with Crippen LogP contribution in [0.1, 0.15) is 51.8 Å². The topological polar surface area (TPSA) is 99.4 Å². The number of hydrogen-bond acceptors (Lipinski definition) is 4. The van der Waals surface area contributed by atoms with Crippen LogP contribution < -0.4 is 0 Å². The minimum atomic E-state index is -0.882. The zero-order valence-electron chi connectivity index (χ0n) is 16.0. The number of aromatic amines is 1. The summed E-state index contributed by atoms with van der Waals surface area (Å²) in [5, 5.41) is 16.9. The normalized spacial score (nSPS) is 15.3. The smallest absolute Gasteiger partial charge is 0.309 e. The summed E-state index contributed by atoms with van der Waals surface area (Å²) in [6.45, 7) is 5.18. The van der Waals surface area contributed by atoms with Gasteiger partial charge in [-0.2, -0.15) is 5.10 Å². The van der Waals surface area contributed by atoms with Gasteiger partial charge < -0.3 is 14.4 Å². The Labute approximate surface area is 162 Å². The molecule has 0 saturated carbocycles. The average molecular weight is 381 g/mol. The van der Waals surface area contributed by atoms with Gasteiger partial charge in [-0.1, -0.05) is 12.1 Å². The Kier molecular flexibility index (Phi) is 4.66. The van der Waals surface area contributed by atoms with Gasteiger partial charge in [0.05, 0.1) is 12.1 Å². The molecule has 28 heavy (non-hydrogen) atoms. The highest BCUT2D eigenvalue weighted by Crippen LogP contribution is 2.31. The maximum Gasteiger partial charge on any atom is 0.309 e. The minimum absolute atomic E-state index is 0.0604. The largest absolute Gasteiger partial charge is 0.481 e. The van der Waals surface area contributed by atoms with E-state index in [9.17, 15) is 9.59 Å². The standard InChI is InChI=1S/C21H23N3O4/c1-12-3-4-16-13(2)20(28-18(16)9-12)21(27)24-7-5-14(6-8-24)17-10-15(22-23-17)11-19(25)26/h3-4,9-10,14H,5-8,11H2,1-2H3,(H,22,23)(H,25,26). The van der Waals surface area contributed by atoms with Crippen molar-refractivity contribution in [2.45, 2.75) is 39.0 Å². The zero-order chi connectivity index (χ0) is 19.8. The van der Waals surface area contributed by atoms with Gasteiger partial charge in [-0.15, -0.1) is 0 Å². The van der Waals surface area contributed by atoms with E-state index in [4.69, 9.17) is 9.52 Å². The monoisotopic (exact) mass is 381 g/mol. The predicted octanol–water partition coefficient (Wildman–Crippen LogP) is 3.42. The van der Waals surface area contributed by atoms with Crippen molar-refractivity contribution in [1.82, 2.24) is 15.1 Å². The molecule has 3 heterocycles. The molecule has 7 nitrogen and oxygen atoms in total. The van der Waals surface area contributed by atoms with Gasteiger partial charge in [0, 0.05) is 35.7 Å². The second-order valence-electron chi connectivity index (χ2n) is 7.51. The van der Waals surface area contributed by atoms with Gasteiger partial charge in [-0.3, -0.25) is 14.7 Å². The van der Waals surface area contributed by atoms with Gasteiger partial charge in [0.15, 0.2) is 5.76 Å². The van der Waals surface area contributed by atoms with Crippen molar-refractivity contribution in [2.24, 2.45) is 0 Å². The second-order valence-corrected chi connectivity index (χ2v) is 7.51. The van der Waals surface area contributed by atoms with Crippen molar-refractivity contribution in [3.63, 3.8) is 0 Å². The average Bonchev–Trinajstić information content (AvgIpc) is 3.25. The maximum atomic E-state index is 13.0. The highest BCUT2D eigenvalue weighted by atomic mass is 16.4. The van der Waals surface area contributed by atoms with Gasteiger partial charge in [0.2, 0.25) is 0 Å².